The summed E-state index contributed by atoms with van der Waals surface area (Å²) < 4.78 is 39.1. The molecule has 3 aromatic rings. The average molecular weight is 458 g/mol. The predicted molar refractivity (Wildman–Crippen MR) is 119 cm³/mol. The molecule has 33 heavy (non-hydrogen) atoms. The molecule has 1 aliphatic rings. The number of hydrogen-bond donors (Lipinski definition) is 1. The van der Waals surface area contributed by atoms with Gasteiger partial charge >= 0.3 is 5.97 Å². The minimum absolute atomic E-state index is 0.168. The molecule has 4 rings (SSSR count). The number of benzene rings is 1. The zero-order chi connectivity index (χ0) is 23.5. The number of rotatable bonds is 6. The van der Waals surface area contributed by atoms with E-state index in [-0.39, 0.29) is 23.4 Å². The first-order chi connectivity index (χ1) is 15.9. The Morgan fingerprint density at radius 1 is 1.18 bits per heavy atom. The van der Waals surface area contributed by atoms with Gasteiger partial charge in [0, 0.05) is 42.7 Å². The number of halogens is 2. The van der Waals surface area contributed by atoms with Crippen LogP contribution >= 0.6 is 0 Å². The zero-order valence-electron chi connectivity index (χ0n) is 18.3. The Morgan fingerprint density at radius 3 is 2.55 bits per heavy atom. The zero-order valence-corrected chi connectivity index (χ0v) is 18.3. The van der Waals surface area contributed by atoms with Gasteiger partial charge < -0.3 is 19.7 Å². The van der Waals surface area contributed by atoms with Gasteiger partial charge in [0.1, 0.15) is 23.1 Å². The number of aromatic nitrogens is 2. The van der Waals surface area contributed by atoms with Gasteiger partial charge in [-0.3, -0.25) is 9.20 Å². The third-order valence-electron chi connectivity index (χ3n) is 5.33. The Kier molecular flexibility index (Phi) is 6.55. The van der Waals surface area contributed by atoms with Crippen LogP contribution in [0.25, 0.3) is 5.65 Å². The predicted octanol–water partition coefficient (Wildman–Crippen LogP) is 3.16. The molecule has 0 radical (unpaired) electrons. The Labute approximate surface area is 188 Å². The molecule has 1 aliphatic heterocycles. The summed E-state index contributed by atoms with van der Waals surface area (Å²) in [5.74, 6) is -1.54. The minimum atomic E-state index is -0.723. The summed E-state index contributed by atoms with van der Waals surface area (Å²) in [6.45, 7) is 5.85. The lowest BCUT2D eigenvalue weighted by Crippen LogP contribution is -2.37. The molecule has 10 heteroatoms. The smallest absolute Gasteiger partial charge is 0.339 e. The average Bonchev–Trinajstić information content (AvgIpc) is 2.78. The summed E-state index contributed by atoms with van der Waals surface area (Å²) in [6.07, 6.45) is 1.39. The van der Waals surface area contributed by atoms with Crippen LogP contribution in [0.2, 0.25) is 0 Å². The quantitative estimate of drug-likeness (QED) is 0.568. The fourth-order valence-corrected chi connectivity index (χ4v) is 3.78. The molecule has 1 N–H and O–H groups in total. The highest BCUT2D eigenvalue weighted by molar-refractivity contribution is 5.90. The van der Waals surface area contributed by atoms with Crippen LogP contribution < -0.4 is 15.8 Å². The maximum Gasteiger partial charge on any atom is 0.339 e. The van der Waals surface area contributed by atoms with Crippen molar-refractivity contribution in [1.82, 2.24) is 9.38 Å². The molecule has 2 aromatic heterocycles. The standard InChI is InChI=1S/C23H24F2N4O4/c1-3-33-23(31)15-8-19(14(2)26-18-10-16(24)9-17(25)11-18)22-27-20(12-21(30)29(22)13-15)28-4-6-32-7-5-28/h8-14,26H,3-7H2,1-2H3/t14-/m1/s1. The van der Waals surface area contributed by atoms with E-state index in [1.807, 2.05) is 4.90 Å². The van der Waals surface area contributed by atoms with Gasteiger partial charge in [0.2, 0.25) is 0 Å². The fourth-order valence-electron chi connectivity index (χ4n) is 3.78. The van der Waals surface area contributed by atoms with Crippen LogP contribution in [-0.4, -0.2) is 48.3 Å². The van der Waals surface area contributed by atoms with Crippen molar-refractivity contribution in [2.75, 3.05) is 43.1 Å². The molecule has 1 saturated heterocycles. The van der Waals surface area contributed by atoms with E-state index in [4.69, 9.17) is 14.5 Å². The largest absolute Gasteiger partial charge is 0.462 e. The van der Waals surface area contributed by atoms with Crippen LogP contribution in [0.3, 0.4) is 0 Å². The van der Waals surface area contributed by atoms with Gasteiger partial charge in [-0.05, 0) is 32.0 Å². The number of fused-ring (bicyclic) bond motifs is 1. The molecule has 1 atom stereocenters. The number of esters is 1. The number of hydrogen-bond acceptors (Lipinski definition) is 7. The molecule has 0 bridgehead atoms. The molecule has 0 unspecified atom stereocenters. The van der Waals surface area contributed by atoms with E-state index in [2.05, 4.69) is 5.32 Å². The Bertz CT molecular complexity index is 1220. The van der Waals surface area contributed by atoms with Crippen molar-refractivity contribution in [3.8, 4) is 0 Å². The number of pyridine rings is 1. The summed E-state index contributed by atoms with van der Waals surface area (Å²) in [5.41, 5.74) is 0.844. The number of anilines is 2. The van der Waals surface area contributed by atoms with E-state index in [9.17, 15) is 18.4 Å². The molecular weight excluding hydrogens is 434 g/mol. The van der Waals surface area contributed by atoms with Crippen molar-refractivity contribution >= 4 is 23.1 Å². The normalized spacial score (nSPS) is 14.8. The van der Waals surface area contributed by atoms with Crippen LogP contribution in [0, 0.1) is 11.6 Å². The second kappa shape index (κ2) is 9.53. The molecule has 0 spiro atoms. The van der Waals surface area contributed by atoms with Crippen LogP contribution in [0.1, 0.15) is 35.8 Å². The van der Waals surface area contributed by atoms with E-state index in [0.29, 0.717) is 43.3 Å². The number of morpholine rings is 1. The monoisotopic (exact) mass is 458 g/mol. The highest BCUT2D eigenvalue weighted by Gasteiger charge is 2.21. The molecule has 0 aliphatic carbocycles. The summed E-state index contributed by atoms with van der Waals surface area (Å²) in [4.78, 5) is 32.1. The number of carbonyl (C=O) groups excluding carboxylic acids is 1. The number of carbonyl (C=O) groups is 1. The van der Waals surface area contributed by atoms with E-state index in [1.54, 1.807) is 19.9 Å². The van der Waals surface area contributed by atoms with E-state index in [1.165, 1.54) is 16.7 Å². The lowest BCUT2D eigenvalue weighted by Gasteiger charge is -2.28. The highest BCUT2D eigenvalue weighted by Crippen LogP contribution is 2.26. The molecule has 1 fully saturated rings. The summed E-state index contributed by atoms with van der Waals surface area (Å²) in [7, 11) is 0. The Morgan fingerprint density at radius 2 is 1.88 bits per heavy atom. The summed E-state index contributed by atoms with van der Waals surface area (Å²) >= 11 is 0. The van der Waals surface area contributed by atoms with Gasteiger partial charge in [0.15, 0.2) is 0 Å². The maximum absolute atomic E-state index is 13.7. The fraction of sp³-hybridized carbons (Fsp3) is 0.348. The second-order valence-electron chi connectivity index (χ2n) is 7.67. The summed E-state index contributed by atoms with van der Waals surface area (Å²) in [5, 5.41) is 3.03. The summed E-state index contributed by atoms with van der Waals surface area (Å²) in [6, 6.07) is 5.54. The molecule has 174 valence electrons. The number of ether oxygens (including phenoxy) is 2. The lowest BCUT2D eigenvalue weighted by molar-refractivity contribution is 0.0525. The van der Waals surface area contributed by atoms with Crippen LogP contribution in [0.5, 0.6) is 0 Å². The van der Waals surface area contributed by atoms with Gasteiger partial charge in [0.25, 0.3) is 5.56 Å². The van der Waals surface area contributed by atoms with Crippen molar-refractivity contribution in [1.29, 1.82) is 0 Å². The number of nitrogens with one attached hydrogen (secondary N) is 1. The van der Waals surface area contributed by atoms with E-state index >= 15 is 0 Å². The van der Waals surface area contributed by atoms with E-state index < -0.39 is 23.6 Å². The van der Waals surface area contributed by atoms with Crippen molar-refractivity contribution in [3.05, 3.63) is 69.6 Å². The molecule has 8 nitrogen and oxygen atoms in total. The van der Waals surface area contributed by atoms with Crippen molar-refractivity contribution in [2.24, 2.45) is 0 Å². The third-order valence-corrected chi connectivity index (χ3v) is 5.33. The van der Waals surface area contributed by atoms with Crippen LogP contribution in [0.4, 0.5) is 20.3 Å². The topological polar surface area (TPSA) is 85.2 Å². The first-order valence-electron chi connectivity index (χ1n) is 10.7. The molecule has 0 amide bonds. The van der Waals surface area contributed by atoms with Crippen molar-refractivity contribution in [3.63, 3.8) is 0 Å². The minimum Gasteiger partial charge on any atom is -0.462 e. The lowest BCUT2D eigenvalue weighted by atomic mass is 10.1. The van der Waals surface area contributed by atoms with Crippen molar-refractivity contribution in [2.45, 2.75) is 19.9 Å². The molecule has 1 aromatic carbocycles. The molecule has 3 heterocycles. The van der Waals surface area contributed by atoms with Gasteiger partial charge in [-0.15, -0.1) is 0 Å². The first kappa shape index (κ1) is 22.7. The van der Waals surface area contributed by atoms with Gasteiger partial charge in [-0.25, -0.2) is 18.6 Å². The molecule has 0 saturated carbocycles. The second-order valence-corrected chi connectivity index (χ2v) is 7.67. The Balaban J connectivity index is 1.83. The van der Waals surface area contributed by atoms with Crippen molar-refractivity contribution < 1.29 is 23.0 Å². The van der Waals surface area contributed by atoms with Gasteiger partial charge in [-0.1, -0.05) is 0 Å². The highest BCUT2D eigenvalue weighted by atomic mass is 19.1. The van der Waals surface area contributed by atoms with Gasteiger partial charge in [-0.2, -0.15) is 0 Å². The van der Waals surface area contributed by atoms with Gasteiger partial charge in [0.05, 0.1) is 31.4 Å². The third kappa shape index (κ3) is 4.95. The molecular formula is C23H24F2N4O4. The van der Waals surface area contributed by atoms with E-state index in [0.717, 1.165) is 18.2 Å². The van der Waals surface area contributed by atoms with Crippen LogP contribution in [-0.2, 0) is 9.47 Å². The van der Waals surface area contributed by atoms with Crippen LogP contribution in [0.15, 0.2) is 41.3 Å². The SMILES string of the molecule is CCOC(=O)c1cc([C@@H](C)Nc2cc(F)cc(F)c2)c2nc(N3CCOCC3)cc(=O)n2c1. The first-order valence-corrected chi connectivity index (χ1v) is 10.7. The number of nitrogens with zero attached hydrogens (tertiary/aromatic N) is 3. The Hall–Kier alpha value is -3.53. The maximum atomic E-state index is 13.7.